The largest absolute Gasteiger partial charge is 0.344 e. The molecule has 0 atom stereocenters. The number of hydrogen-bond acceptors (Lipinski definition) is 5. The molecule has 1 fully saturated rings. The zero-order valence-electron chi connectivity index (χ0n) is 11.7. The molecule has 0 aliphatic heterocycles. The van der Waals surface area contributed by atoms with E-state index >= 15 is 0 Å². The fourth-order valence-electron chi connectivity index (χ4n) is 2.85. The first-order chi connectivity index (χ1) is 9.40. The van der Waals surface area contributed by atoms with Crippen molar-refractivity contribution in [2.45, 2.75) is 38.1 Å². The number of carbonyl (C=O) groups is 1. The van der Waals surface area contributed by atoms with Crippen molar-refractivity contribution in [2.24, 2.45) is 12.8 Å². The summed E-state index contributed by atoms with van der Waals surface area (Å²) in [6.45, 7) is 1.85. The van der Waals surface area contributed by atoms with Gasteiger partial charge in [0.2, 0.25) is 5.69 Å². The predicted octanol–water partition coefficient (Wildman–Crippen LogP) is 0.638. The van der Waals surface area contributed by atoms with Crippen LogP contribution >= 0.6 is 0 Å². The molecular formula is C12H19N5O3. The van der Waals surface area contributed by atoms with E-state index in [1.165, 1.54) is 18.7 Å². The lowest BCUT2D eigenvalue weighted by atomic mass is 9.97. The Kier molecular flexibility index (Phi) is 3.76. The molecule has 8 heteroatoms. The molecular weight excluding hydrogens is 262 g/mol. The van der Waals surface area contributed by atoms with Crippen LogP contribution in [0.5, 0.6) is 0 Å². The van der Waals surface area contributed by atoms with Crippen LogP contribution < -0.4 is 11.1 Å². The quantitative estimate of drug-likeness (QED) is 0.620. The summed E-state index contributed by atoms with van der Waals surface area (Å²) < 4.78 is 1.25. The summed E-state index contributed by atoms with van der Waals surface area (Å²) in [5.74, 6) is -0.479. The Morgan fingerprint density at radius 3 is 2.65 bits per heavy atom. The van der Waals surface area contributed by atoms with E-state index in [0.29, 0.717) is 6.54 Å². The average Bonchev–Trinajstić information content (AvgIpc) is 2.94. The van der Waals surface area contributed by atoms with Gasteiger partial charge in [-0.05, 0) is 19.8 Å². The predicted molar refractivity (Wildman–Crippen MR) is 72.3 cm³/mol. The standard InChI is InChI=1S/C12H19N5O3/c1-8-9(17(19)20)10(16(2)15-8)11(18)14-12(7-13)5-3-4-6-12/h3-7,13H2,1-2H3,(H,14,18). The molecule has 0 spiro atoms. The number of rotatable bonds is 4. The maximum absolute atomic E-state index is 12.4. The first-order valence-corrected chi connectivity index (χ1v) is 6.61. The van der Waals surface area contributed by atoms with Crippen molar-refractivity contribution in [3.8, 4) is 0 Å². The first-order valence-electron chi connectivity index (χ1n) is 6.61. The second-order valence-corrected chi connectivity index (χ2v) is 5.31. The van der Waals surface area contributed by atoms with Gasteiger partial charge >= 0.3 is 5.69 Å². The Bertz CT molecular complexity index is 546. The first kappa shape index (κ1) is 14.4. The van der Waals surface area contributed by atoms with Gasteiger partial charge in [0.1, 0.15) is 5.69 Å². The minimum atomic E-state index is -0.568. The van der Waals surface area contributed by atoms with E-state index < -0.39 is 16.4 Å². The van der Waals surface area contributed by atoms with Crippen LogP contribution in [0.15, 0.2) is 0 Å². The van der Waals surface area contributed by atoms with Gasteiger partial charge in [-0.1, -0.05) is 12.8 Å². The molecule has 1 aliphatic rings. The van der Waals surface area contributed by atoms with E-state index in [2.05, 4.69) is 10.4 Å². The zero-order chi connectivity index (χ0) is 14.9. The summed E-state index contributed by atoms with van der Waals surface area (Å²) in [5.41, 5.74) is 5.29. The van der Waals surface area contributed by atoms with Crippen LogP contribution in [0.25, 0.3) is 0 Å². The molecule has 110 valence electrons. The van der Waals surface area contributed by atoms with Crippen LogP contribution in [0.4, 0.5) is 5.69 Å². The lowest BCUT2D eigenvalue weighted by Gasteiger charge is -2.28. The lowest BCUT2D eigenvalue weighted by molar-refractivity contribution is -0.385. The van der Waals surface area contributed by atoms with Crippen molar-refractivity contribution in [1.82, 2.24) is 15.1 Å². The van der Waals surface area contributed by atoms with Crippen molar-refractivity contribution in [1.29, 1.82) is 0 Å². The zero-order valence-corrected chi connectivity index (χ0v) is 11.7. The van der Waals surface area contributed by atoms with E-state index in [1.807, 2.05) is 0 Å². The number of hydrogen-bond donors (Lipinski definition) is 2. The average molecular weight is 281 g/mol. The highest BCUT2D eigenvalue weighted by Crippen LogP contribution is 2.30. The Balaban J connectivity index is 2.32. The third-order valence-corrected chi connectivity index (χ3v) is 3.92. The molecule has 0 unspecified atom stereocenters. The smallest absolute Gasteiger partial charge is 0.322 e. The summed E-state index contributed by atoms with van der Waals surface area (Å²) in [5, 5.41) is 17.9. The van der Waals surface area contributed by atoms with Crippen molar-refractivity contribution in [2.75, 3.05) is 6.54 Å². The van der Waals surface area contributed by atoms with E-state index in [4.69, 9.17) is 5.73 Å². The van der Waals surface area contributed by atoms with Gasteiger partial charge in [0, 0.05) is 13.6 Å². The Morgan fingerprint density at radius 2 is 2.15 bits per heavy atom. The van der Waals surface area contributed by atoms with Crippen molar-refractivity contribution in [3.63, 3.8) is 0 Å². The van der Waals surface area contributed by atoms with Gasteiger partial charge in [-0.25, -0.2) is 0 Å². The molecule has 0 radical (unpaired) electrons. The van der Waals surface area contributed by atoms with E-state index in [1.54, 1.807) is 0 Å². The Labute approximate surface area is 116 Å². The van der Waals surface area contributed by atoms with E-state index in [0.717, 1.165) is 25.7 Å². The van der Waals surface area contributed by atoms with E-state index in [9.17, 15) is 14.9 Å². The summed E-state index contributed by atoms with van der Waals surface area (Å²) in [7, 11) is 1.53. The normalized spacial score (nSPS) is 17.1. The van der Waals surface area contributed by atoms with Gasteiger partial charge in [-0.3, -0.25) is 19.6 Å². The molecule has 8 nitrogen and oxygen atoms in total. The third kappa shape index (κ3) is 2.38. The van der Waals surface area contributed by atoms with Crippen LogP contribution in [0.2, 0.25) is 0 Å². The number of nitrogens with one attached hydrogen (secondary N) is 1. The van der Waals surface area contributed by atoms with Gasteiger partial charge < -0.3 is 11.1 Å². The minimum absolute atomic E-state index is 0.0211. The number of nitro groups is 1. The highest BCUT2D eigenvalue weighted by Gasteiger charge is 2.37. The number of nitrogens with zero attached hydrogens (tertiary/aromatic N) is 3. The topological polar surface area (TPSA) is 116 Å². The molecule has 3 N–H and O–H groups in total. The Morgan fingerprint density at radius 1 is 1.55 bits per heavy atom. The summed E-state index contributed by atoms with van der Waals surface area (Å²) in [4.78, 5) is 22.9. The number of nitrogens with two attached hydrogens (primary N) is 1. The fourth-order valence-corrected chi connectivity index (χ4v) is 2.85. The third-order valence-electron chi connectivity index (χ3n) is 3.92. The van der Waals surface area contributed by atoms with Crippen molar-refractivity contribution >= 4 is 11.6 Å². The monoisotopic (exact) mass is 281 g/mol. The molecule has 1 heterocycles. The number of amides is 1. The summed E-state index contributed by atoms with van der Waals surface area (Å²) >= 11 is 0. The molecule has 2 rings (SSSR count). The molecule has 1 saturated carbocycles. The second-order valence-electron chi connectivity index (χ2n) is 5.31. The van der Waals surface area contributed by atoms with Crippen LogP contribution in [0.1, 0.15) is 41.9 Å². The summed E-state index contributed by atoms with van der Waals surface area (Å²) in [6, 6.07) is 0. The van der Waals surface area contributed by atoms with Crippen molar-refractivity contribution in [3.05, 3.63) is 21.5 Å². The molecule has 20 heavy (non-hydrogen) atoms. The molecule has 1 amide bonds. The maximum atomic E-state index is 12.4. The lowest BCUT2D eigenvalue weighted by Crippen LogP contribution is -2.52. The van der Waals surface area contributed by atoms with Crippen molar-refractivity contribution < 1.29 is 9.72 Å². The van der Waals surface area contributed by atoms with Crippen LogP contribution in [-0.4, -0.2) is 32.7 Å². The molecule has 0 bridgehead atoms. The van der Waals surface area contributed by atoms with Crippen LogP contribution in [-0.2, 0) is 7.05 Å². The second kappa shape index (κ2) is 5.20. The highest BCUT2D eigenvalue weighted by molar-refractivity contribution is 5.97. The molecule has 0 aromatic carbocycles. The maximum Gasteiger partial charge on any atom is 0.322 e. The van der Waals surface area contributed by atoms with Crippen LogP contribution in [0.3, 0.4) is 0 Å². The number of carbonyl (C=O) groups excluding carboxylic acids is 1. The molecule has 1 aromatic rings. The van der Waals surface area contributed by atoms with Gasteiger partial charge in [0.05, 0.1) is 10.5 Å². The SMILES string of the molecule is Cc1nn(C)c(C(=O)NC2(CN)CCCC2)c1[N+](=O)[O-]. The molecule has 1 aliphatic carbocycles. The molecule has 1 aromatic heterocycles. The highest BCUT2D eigenvalue weighted by atomic mass is 16.6. The van der Waals surface area contributed by atoms with Gasteiger partial charge in [-0.2, -0.15) is 5.10 Å². The molecule has 0 saturated heterocycles. The number of aryl methyl sites for hydroxylation is 2. The van der Waals surface area contributed by atoms with Crippen LogP contribution in [0, 0.1) is 17.0 Å². The number of aromatic nitrogens is 2. The van der Waals surface area contributed by atoms with Gasteiger partial charge in [0.25, 0.3) is 5.91 Å². The minimum Gasteiger partial charge on any atom is -0.344 e. The van der Waals surface area contributed by atoms with Gasteiger partial charge in [-0.15, -0.1) is 0 Å². The van der Waals surface area contributed by atoms with Gasteiger partial charge in [0.15, 0.2) is 0 Å². The Hall–Kier alpha value is -1.96. The fraction of sp³-hybridized carbons (Fsp3) is 0.667. The van der Waals surface area contributed by atoms with E-state index in [-0.39, 0.29) is 17.1 Å². The summed E-state index contributed by atoms with van der Waals surface area (Å²) in [6.07, 6.45) is 3.62.